The van der Waals surface area contributed by atoms with Crippen molar-refractivity contribution in [3.8, 4) is 17.2 Å². The van der Waals surface area contributed by atoms with E-state index in [0.29, 0.717) is 32.5 Å². The molecule has 0 saturated carbocycles. The van der Waals surface area contributed by atoms with Gasteiger partial charge in [-0.05, 0) is 66.5 Å². The summed E-state index contributed by atoms with van der Waals surface area (Å²) in [5.74, 6) is 2.57. The molecule has 3 heterocycles. The van der Waals surface area contributed by atoms with Crippen molar-refractivity contribution < 1.29 is 23.8 Å². The predicted octanol–water partition coefficient (Wildman–Crippen LogP) is 4.84. The number of carbonyl (C=O) groups is 2. The van der Waals surface area contributed by atoms with Gasteiger partial charge in [-0.1, -0.05) is 39.0 Å². The number of methoxy groups -OCH3 is 1. The van der Waals surface area contributed by atoms with Crippen LogP contribution >= 0.6 is 0 Å². The van der Waals surface area contributed by atoms with Gasteiger partial charge in [0.1, 0.15) is 5.75 Å². The van der Waals surface area contributed by atoms with Crippen LogP contribution in [-0.2, 0) is 22.7 Å². The first-order valence-electron chi connectivity index (χ1n) is 14.5. The van der Waals surface area contributed by atoms with Gasteiger partial charge in [0.05, 0.1) is 13.2 Å². The van der Waals surface area contributed by atoms with Gasteiger partial charge in [0.15, 0.2) is 11.5 Å². The summed E-state index contributed by atoms with van der Waals surface area (Å²) in [5, 5.41) is 0. The molecule has 0 aromatic heterocycles. The van der Waals surface area contributed by atoms with E-state index in [0.717, 1.165) is 54.3 Å². The third-order valence-electron chi connectivity index (χ3n) is 8.09. The molecule has 40 heavy (non-hydrogen) atoms. The molecule has 0 aliphatic carbocycles. The van der Waals surface area contributed by atoms with Crippen LogP contribution in [0.15, 0.2) is 42.5 Å². The fraction of sp³-hybridized carbons (Fsp3) is 0.562. The summed E-state index contributed by atoms with van der Waals surface area (Å²) in [5.41, 5.74) is 1.95. The fourth-order valence-corrected chi connectivity index (χ4v) is 6.08. The van der Waals surface area contributed by atoms with Crippen LogP contribution in [0, 0.1) is 5.41 Å². The second kappa shape index (κ2) is 12.1. The molecule has 216 valence electrons. The summed E-state index contributed by atoms with van der Waals surface area (Å²) in [6.07, 6.45) is 4.35. The maximum Gasteiger partial charge on any atom is 0.240 e. The molecular formula is C32H43N3O5. The molecular weight excluding hydrogens is 506 g/mol. The zero-order chi connectivity index (χ0) is 28.3. The van der Waals surface area contributed by atoms with E-state index in [1.807, 2.05) is 52.3 Å². The third kappa shape index (κ3) is 6.72. The number of hydrogen-bond donors (Lipinski definition) is 0. The number of benzene rings is 2. The molecule has 0 N–H and O–H groups in total. The summed E-state index contributed by atoms with van der Waals surface area (Å²) < 4.78 is 16.6. The summed E-state index contributed by atoms with van der Waals surface area (Å²) in [4.78, 5) is 34.1. The van der Waals surface area contributed by atoms with Crippen molar-refractivity contribution in [1.29, 1.82) is 0 Å². The average molecular weight is 550 g/mol. The Labute approximate surface area is 238 Å². The van der Waals surface area contributed by atoms with E-state index in [9.17, 15) is 9.59 Å². The monoisotopic (exact) mass is 549 g/mol. The molecule has 3 aliphatic rings. The van der Waals surface area contributed by atoms with Gasteiger partial charge >= 0.3 is 0 Å². The lowest BCUT2D eigenvalue weighted by Crippen LogP contribution is -2.47. The SMILES string of the molecule is COc1cccc(CN(C(=O)CC(C)(C)C)[C@@H]2C[C@@H](C(=O)N3CCCCC3)N(Cc3ccc4c(c3)OCO4)C2)c1. The fourth-order valence-electron chi connectivity index (χ4n) is 6.08. The van der Waals surface area contributed by atoms with Crippen molar-refractivity contribution in [1.82, 2.24) is 14.7 Å². The largest absolute Gasteiger partial charge is 0.497 e. The minimum Gasteiger partial charge on any atom is -0.497 e. The molecule has 0 radical (unpaired) electrons. The highest BCUT2D eigenvalue weighted by Crippen LogP contribution is 2.35. The lowest BCUT2D eigenvalue weighted by molar-refractivity contribution is -0.138. The highest BCUT2D eigenvalue weighted by Gasteiger charge is 2.42. The first-order chi connectivity index (χ1) is 19.2. The standard InChI is InChI=1S/C32H43N3O5/c1-32(2,3)18-30(36)35(20-23-9-8-10-26(15-23)38-4)25-17-27(31(37)33-13-6-5-7-14-33)34(21-25)19-24-11-12-28-29(16-24)40-22-39-28/h8-12,15-16,25,27H,5-7,13-14,17-22H2,1-4H3/t25-,27+/m1/s1. The molecule has 5 rings (SSSR count). The first-order valence-corrected chi connectivity index (χ1v) is 14.5. The number of ether oxygens (including phenoxy) is 3. The molecule has 2 atom stereocenters. The van der Waals surface area contributed by atoms with Crippen LogP contribution in [0.5, 0.6) is 17.2 Å². The van der Waals surface area contributed by atoms with Gasteiger partial charge in [0, 0.05) is 45.2 Å². The molecule has 2 aromatic rings. The molecule has 0 bridgehead atoms. The van der Waals surface area contributed by atoms with Gasteiger partial charge in [-0.25, -0.2) is 0 Å². The van der Waals surface area contributed by atoms with E-state index in [1.165, 1.54) is 6.42 Å². The molecule has 8 heteroatoms. The smallest absolute Gasteiger partial charge is 0.240 e. The lowest BCUT2D eigenvalue weighted by atomic mass is 9.91. The number of nitrogens with zero attached hydrogens (tertiary/aromatic N) is 3. The number of amides is 2. The van der Waals surface area contributed by atoms with Crippen molar-refractivity contribution in [3.63, 3.8) is 0 Å². The topological polar surface area (TPSA) is 71.6 Å². The molecule has 3 aliphatic heterocycles. The quantitative estimate of drug-likeness (QED) is 0.469. The van der Waals surface area contributed by atoms with Crippen LogP contribution in [0.2, 0.25) is 0 Å². The minimum absolute atomic E-state index is 0.0752. The number of fused-ring (bicyclic) bond motifs is 1. The van der Waals surface area contributed by atoms with Gasteiger partial charge in [-0.3, -0.25) is 14.5 Å². The highest BCUT2D eigenvalue weighted by atomic mass is 16.7. The number of carbonyl (C=O) groups excluding carboxylic acids is 2. The van der Waals surface area contributed by atoms with Crippen LogP contribution in [0.3, 0.4) is 0 Å². The number of rotatable bonds is 8. The lowest BCUT2D eigenvalue weighted by Gasteiger charge is -2.32. The van der Waals surface area contributed by atoms with E-state index in [1.54, 1.807) is 7.11 Å². The van der Waals surface area contributed by atoms with E-state index in [2.05, 4.69) is 25.7 Å². The van der Waals surface area contributed by atoms with Crippen molar-refractivity contribution >= 4 is 11.8 Å². The summed E-state index contributed by atoms with van der Waals surface area (Å²) in [7, 11) is 1.66. The van der Waals surface area contributed by atoms with Gasteiger partial charge in [-0.15, -0.1) is 0 Å². The molecule has 2 fully saturated rings. The van der Waals surface area contributed by atoms with Crippen LogP contribution in [0.25, 0.3) is 0 Å². The van der Waals surface area contributed by atoms with E-state index in [4.69, 9.17) is 14.2 Å². The van der Waals surface area contributed by atoms with Crippen molar-refractivity contribution in [3.05, 3.63) is 53.6 Å². The second-order valence-electron chi connectivity index (χ2n) is 12.5. The Bertz CT molecular complexity index is 1200. The van der Waals surface area contributed by atoms with Crippen molar-refractivity contribution in [2.75, 3.05) is 33.5 Å². The van der Waals surface area contributed by atoms with Crippen molar-refractivity contribution in [2.24, 2.45) is 5.41 Å². The zero-order valence-electron chi connectivity index (χ0n) is 24.4. The molecule has 2 aromatic carbocycles. The second-order valence-corrected chi connectivity index (χ2v) is 12.5. The van der Waals surface area contributed by atoms with Crippen LogP contribution < -0.4 is 14.2 Å². The zero-order valence-corrected chi connectivity index (χ0v) is 24.4. The number of likely N-dealkylation sites (tertiary alicyclic amines) is 2. The molecule has 0 unspecified atom stereocenters. The summed E-state index contributed by atoms with van der Waals surface area (Å²) in [6.45, 7) is 9.88. The minimum atomic E-state index is -0.274. The van der Waals surface area contributed by atoms with Gasteiger partial charge in [-0.2, -0.15) is 0 Å². The Morgan fingerprint density at radius 3 is 2.52 bits per heavy atom. The van der Waals surface area contributed by atoms with Crippen molar-refractivity contribution in [2.45, 2.75) is 78.0 Å². The Morgan fingerprint density at radius 2 is 1.77 bits per heavy atom. The van der Waals surface area contributed by atoms with E-state index in [-0.39, 0.29) is 36.1 Å². The average Bonchev–Trinajstić information content (AvgIpc) is 3.58. The molecule has 2 saturated heterocycles. The Morgan fingerprint density at radius 1 is 1.00 bits per heavy atom. The molecule has 0 spiro atoms. The normalized spacial score (nSPS) is 20.9. The number of piperidine rings is 1. The summed E-state index contributed by atoms with van der Waals surface area (Å²) in [6, 6.07) is 13.6. The first kappa shape index (κ1) is 28.3. The molecule has 8 nitrogen and oxygen atoms in total. The van der Waals surface area contributed by atoms with Gasteiger partial charge in [0.25, 0.3) is 0 Å². The van der Waals surface area contributed by atoms with Crippen LogP contribution in [-0.4, -0.2) is 72.1 Å². The Balaban J connectivity index is 1.42. The highest BCUT2D eigenvalue weighted by molar-refractivity contribution is 5.83. The maximum atomic E-state index is 13.9. The van der Waals surface area contributed by atoms with E-state index >= 15 is 0 Å². The van der Waals surface area contributed by atoms with Gasteiger partial charge in [0.2, 0.25) is 18.6 Å². The van der Waals surface area contributed by atoms with Gasteiger partial charge < -0.3 is 24.0 Å². The van der Waals surface area contributed by atoms with Crippen LogP contribution in [0.4, 0.5) is 0 Å². The Hall–Kier alpha value is -3.26. The van der Waals surface area contributed by atoms with Crippen LogP contribution in [0.1, 0.15) is 64.0 Å². The third-order valence-corrected chi connectivity index (χ3v) is 8.09. The maximum absolute atomic E-state index is 13.9. The predicted molar refractivity (Wildman–Crippen MR) is 153 cm³/mol. The molecule has 2 amide bonds. The number of hydrogen-bond acceptors (Lipinski definition) is 6. The summed E-state index contributed by atoms with van der Waals surface area (Å²) >= 11 is 0. The van der Waals surface area contributed by atoms with E-state index < -0.39 is 0 Å². The Kier molecular flexibility index (Phi) is 8.54.